The maximum Gasteiger partial charge on any atom is 0.128 e. The molecule has 1 aliphatic heterocycles. The third-order valence-electron chi connectivity index (χ3n) is 3.71. The van der Waals surface area contributed by atoms with E-state index < -0.39 is 0 Å². The quantitative estimate of drug-likeness (QED) is 0.877. The zero-order valence-electron chi connectivity index (χ0n) is 13.1. The van der Waals surface area contributed by atoms with Gasteiger partial charge in [0.05, 0.1) is 24.5 Å². The average molecular weight is 310 g/mol. The molecule has 0 aromatic heterocycles. The van der Waals surface area contributed by atoms with Gasteiger partial charge >= 0.3 is 0 Å². The van der Waals surface area contributed by atoms with Gasteiger partial charge < -0.3 is 15.5 Å². The number of rotatable bonds is 5. The molecule has 0 saturated heterocycles. The summed E-state index contributed by atoms with van der Waals surface area (Å²) in [4.78, 5) is 0. The Morgan fingerprint density at radius 1 is 1.43 bits per heavy atom. The van der Waals surface area contributed by atoms with Crippen molar-refractivity contribution in [1.82, 2.24) is 10.4 Å². The van der Waals surface area contributed by atoms with Crippen LogP contribution in [0.2, 0.25) is 5.02 Å². The molecular formula is C16H24ClN3O. The van der Waals surface area contributed by atoms with Crippen molar-refractivity contribution < 1.29 is 4.74 Å². The van der Waals surface area contributed by atoms with Crippen molar-refractivity contribution in [2.75, 3.05) is 13.7 Å². The number of halogens is 1. The summed E-state index contributed by atoms with van der Waals surface area (Å²) in [6.45, 7) is 7.38. The lowest BCUT2D eigenvalue weighted by molar-refractivity contribution is 0.276. The molecule has 0 bridgehead atoms. The largest absolute Gasteiger partial charge is 0.496 e. The lowest BCUT2D eigenvalue weighted by Gasteiger charge is -2.25. The van der Waals surface area contributed by atoms with Crippen LogP contribution in [0.25, 0.3) is 5.70 Å². The van der Waals surface area contributed by atoms with Crippen LogP contribution < -0.4 is 15.9 Å². The number of nitrogens with zero attached hydrogens (tertiary/aromatic N) is 1. The van der Waals surface area contributed by atoms with Crippen molar-refractivity contribution in [2.24, 2.45) is 11.7 Å². The number of hydrogen-bond donors (Lipinski definition) is 2. The van der Waals surface area contributed by atoms with E-state index in [0.717, 1.165) is 35.7 Å². The smallest absolute Gasteiger partial charge is 0.128 e. The SMILES string of the molecule is COc1ccc(Cl)cc1C1=C(N)C(C)NN1CCC(C)C. The van der Waals surface area contributed by atoms with Crippen molar-refractivity contribution in [1.29, 1.82) is 0 Å². The van der Waals surface area contributed by atoms with Gasteiger partial charge in [0.2, 0.25) is 0 Å². The Labute approximate surface area is 131 Å². The number of nitrogens with two attached hydrogens (primary N) is 1. The van der Waals surface area contributed by atoms with E-state index >= 15 is 0 Å². The second-order valence-electron chi connectivity index (χ2n) is 5.83. The number of benzene rings is 1. The van der Waals surface area contributed by atoms with Crippen LogP contribution in [0, 0.1) is 5.92 Å². The van der Waals surface area contributed by atoms with E-state index in [-0.39, 0.29) is 6.04 Å². The molecule has 0 spiro atoms. The third-order valence-corrected chi connectivity index (χ3v) is 3.94. The summed E-state index contributed by atoms with van der Waals surface area (Å²) < 4.78 is 5.47. The lowest BCUT2D eigenvalue weighted by Crippen LogP contribution is -2.37. The Morgan fingerprint density at radius 3 is 2.76 bits per heavy atom. The summed E-state index contributed by atoms with van der Waals surface area (Å²) >= 11 is 6.15. The molecule has 116 valence electrons. The molecule has 5 heteroatoms. The summed E-state index contributed by atoms with van der Waals surface area (Å²) in [5.74, 6) is 1.41. The normalized spacial score (nSPS) is 18.8. The minimum Gasteiger partial charge on any atom is -0.496 e. The first-order valence-corrected chi connectivity index (χ1v) is 7.69. The molecule has 0 amide bonds. The molecule has 2 rings (SSSR count). The minimum atomic E-state index is 0.107. The summed E-state index contributed by atoms with van der Waals surface area (Å²) in [6.07, 6.45) is 1.08. The van der Waals surface area contributed by atoms with Crippen LogP contribution in [0.15, 0.2) is 23.9 Å². The molecule has 4 nitrogen and oxygen atoms in total. The lowest BCUT2D eigenvalue weighted by atomic mass is 10.1. The maximum atomic E-state index is 6.30. The first kappa shape index (κ1) is 16.0. The Hall–Kier alpha value is -1.39. The van der Waals surface area contributed by atoms with Crippen LogP contribution >= 0.6 is 11.6 Å². The second kappa shape index (κ2) is 6.58. The summed E-state index contributed by atoms with van der Waals surface area (Å²) in [5, 5.41) is 2.79. The molecule has 0 fully saturated rings. The first-order valence-electron chi connectivity index (χ1n) is 7.31. The Bertz CT molecular complexity index is 542. The fourth-order valence-corrected chi connectivity index (χ4v) is 2.63. The van der Waals surface area contributed by atoms with E-state index in [1.54, 1.807) is 7.11 Å². The zero-order chi connectivity index (χ0) is 15.6. The Kier molecular flexibility index (Phi) is 5.01. The predicted octanol–water partition coefficient (Wildman–Crippen LogP) is 3.23. The fourth-order valence-electron chi connectivity index (χ4n) is 2.46. The van der Waals surface area contributed by atoms with Gasteiger partial charge in [0.25, 0.3) is 0 Å². The Balaban J connectivity index is 2.39. The number of nitrogens with one attached hydrogen (secondary N) is 1. The van der Waals surface area contributed by atoms with Gasteiger partial charge in [-0.25, -0.2) is 5.43 Å². The minimum absolute atomic E-state index is 0.107. The molecule has 0 saturated carbocycles. The average Bonchev–Trinajstić information content (AvgIpc) is 2.72. The predicted molar refractivity (Wildman–Crippen MR) is 87.9 cm³/mol. The maximum absolute atomic E-state index is 6.30. The van der Waals surface area contributed by atoms with Gasteiger partial charge in [-0.15, -0.1) is 0 Å². The van der Waals surface area contributed by atoms with Gasteiger partial charge in [0.15, 0.2) is 0 Å². The first-order chi connectivity index (χ1) is 9.93. The molecule has 1 heterocycles. The number of hydrazine groups is 1. The van der Waals surface area contributed by atoms with Crippen molar-refractivity contribution in [3.05, 3.63) is 34.5 Å². The van der Waals surface area contributed by atoms with Gasteiger partial charge in [-0.1, -0.05) is 25.4 Å². The molecule has 0 radical (unpaired) electrons. The summed E-state index contributed by atoms with van der Waals surface area (Å²) in [7, 11) is 1.66. The van der Waals surface area contributed by atoms with E-state index in [4.69, 9.17) is 22.1 Å². The summed E-state index contributed by atoms with van der Waals surface area (Å²) in [5.41, 5.74) is 12.4. The van der Waals surface area contributed by atoms with Crippen molar-refractivity contribution in [2.45, 2.75) is 33.2 Å². The van der Waals surface area contributed by atoms with Gasteiger partial charge in [0.1, 0.15) is 5.75 Å². The van der Waals surface area contributed by atoms with E-state index in [1.165, 1.54) is 0 Å². The fraction of sp³-hybridized carbons (Fsp3) is 0.500. The van der Waals surface area contributed by atoms with Gasteiger partial charge in [-0.3, -0.25) is 0 Å². The molecular weight excluding hydrogens is 286 g/mol. The molecule has 1 aromatic rings. The molecule has 1 aliphatic rings. The van der Waals surface area contributed by atoms with Crippen molar-refractivity contribution >= 4 is 17.3 Å². The monoisotopic (exact) mass is 309 g/mol. The third kappa shape index (κ3) is 3.44. The van der Waals surface area contributed by atoms with Crippen LogP contribution in [0.4, 0.5) is 0 Å². The Morgan fingerprint density at radius 2 is 2.14 bits per heavy atom. The summed E-state index contributed by atoms with van der Waals surface area (Å²) in [6, 6.07) is 5.72. The van der Waals surface area contributed by atoms with Crippen LogP contribution in [0.5, 0.6) is 5.75 Å². The molecule has 1 aromatic carbocycles. The molecule has 1 unspecified atom stereocenters. The molecule has 0 aliphatic carbocycles. The number of hydrogen-bond acceptors (Lipinski definition) is 4. The highest BCUT2D eigenvalue weighted by molar-refractivity contribution is 6.30. The van der Waals surface area contributed by atoms with E-state index in [9.17, 15) is 0 Å². The van der Waals surface area contributed by atoms with Gasteiger partial charge in [-0.2, -0.15) is 0 Å². The van der Waals surface area contributed by atoms with Crippen LogP contribution in [-0.2, 0) is 0 Å². The van der Waals surface area contributed by atoms with Gasteiger partial charge in [0, 0.05) is 17.1 Å². The highest BCUT2D eigenvalue weighted by atomic mass is 35.5. The number of ether oxygens (including phenoxy) is 1. The number of methoxy groups -OCH3 is 1. The zero-order valence-corrected chi connectivity index (χ0v) is 13.9. The van der Waals surface area contributed by atoms with Gasteiger partial charge in [-0.05, 0) is 37.5 Å². The molecule has 21 heavy (non-hydrogen) atoms. The van der Waals surface area contributed by atoms with E-state index in [2.05, 4.69) is 31.2 Å². The molecule has 1 atom stereocenters. The topological polar surface area (TPSA) is 50.5 Å². The van der Waals surface area contributed by atoms with E-state index in [0.29, 0.717) is 10.9 Å². The second-order valence-corrected chi connectivity index (χ2v) is 6.27. The van der Waals surface area contributed by atoms with Crippen molar-refractivity contribution in [3.63, 3.8) is 0 Å². The molecule has 3 N–H and O–H groups in total. The van der Waals surface area contributed by atoms with Crippen LogP contribution in [0.1, 0.15) is 32.8 Å². The van der Waals surface area contributed by atoms with E-state index in [1.807, 2.05) is 18.2 Å². The van der Waals surface area contributed by atoms with Crippen molar-refractivity contribution in [3.8, 4) is 5.75 Å². The van der Waals surface area contributed by atoms with Crippen LogP contribution in [-0.4, -0.2) is 24.7 Å². The standard InChI is InChI=1S/C16H24ClN3O/c1-10(2)7-8-20-16(15(18)11(3)19-20)13-9-12(17)5-6-14(13)21-4/h5-6,9-11,19H,7-8,18H2,1-4H3. The highest BCUT2D eigenvalue weighted by Gasteiger charge is 2.29. The highest BCUT2D eigenvalue weighted by Crippen LogP contribution is 2.35. The van der Waals surface area contributed by atoms with Crippen LogP contribution in [0.3, 0.4) is 0 Å².